The number of carbonyl (C=O) groups excluding carboxylic acids is 1. The van der Waals surface area contributed by atoms with E-state index in [0.29, 0.717) is 5.56 Å². The first-order valence-corrected chi connectivity index (χ1v) is 10.6. The number of nitrogens with zero attached hydrogens (tertiary/aromatic N) is 2. The zero-order valence-electron chi connectivity index (χ0n) is 17.1. The molecule has 3 aromatic rings. The molecule has 1 amide bonds. The third-order valence-electron chi connectivity index (χ3n) is 5.56. The van der Waals surface area contributed by atoms with Crippen LogP contribution in [0.1, 0.15) is 27.9 Å². The van der Waals surface area contributed by atoms with Crippen LogP contribution in [-0.4, -0.2) is 40.0 Å². The minimum atomic E-state index is -0.211. The highest BCUT2D eigenvalue weighted by Crippen LogP contribution is 2.23. The van der Waals surface area contributed by atoms with E-state index in [9.17, 15) is 9.90 Å². The summed E-state index contributed by atoms with van der Waals surface area (Å²) in [6.45, 7) is 2.51. The Morgan fingerprint density at radius 1 is 1.13 bits per heavy atom. The minimum Gasteiger partial charge on any atom is -0.392 e. The first kappa shape index (κ1) is 21.3. The molecule has 1 aliphatic heterocycles. The van der Waals surface area contributed by atoms with E-state index in [2.05, 4.69) is 15.2 Å². The highest BCUT2D eigenvalue weighted by atomic mass is 35.5. The van der Waals surface area contributed by atoms with Crippen molar-refractivity contribution in [3.8, 4) is 11.1 Å². The summed E-state index contributed by atoms with van der Waals surface area (Å²) in [6, 6.07) is 17.2. The number of rotatable bonds is 6. The second-order valence-electron chi connectivity index (χ2n) is 7.83. The molecule has 2 heterocycles. The molecule has 2 aromatic carbocycles. The summed E-state index contributed by atoms with van der Waals surface area (Å²) >= 11 is 5.96. The second kappa shape index (κ2) is 9.47. The molecule has 1 fully saturated rings. The number of nitrogen functional groups attached to an aromatic ring is 1. The first-order chi connectivity index (χ1) is 15.0. The molecule has 1 atom stereocenters. The third kappa shape index (κ3) is 5.22. The van der Waals surface area contributed by atoms with E-state index in [-0.39, 0.29) is 24.4 Å². The molecular formula is C24H25ClN4O2. The van der Waals surface area contributed by atoms with Crippen molar-refractivity contribution in [3.63, 3.8) is 0 Å². The molecule has 4 rings (SSSR count). The number of aliphatic hydroxyl groups is 1. The van der Waals surface area contributed by atoms with E-state index in [1.165, 1.54) is 5.56 Å². The number of hydrogen-bond donors (Lipinski definition) is 3. The molecule has 7 heteroatoms. The number of anilines is 1. The van der Waals surface area contributed by atoms with Crippen molar-refractivity contribution in [2.45, 2.75) is 25.6 Å². The molecule has 160 valence electrons. The van der Waals surface area contributed by atoms with Crippen LogP contribution in [0, 0.1) is 0 Å². The number of amides is 1. The maximum atomic E-state index is 12.9. The number of carbonyl (C=O) groups is 1. The first-order valence-electron chi connectivity index (χ1n) is 10.2. The van der Waals surface area contributed by atoms with Gasteiger partial charge in [-0.3, -0.25) is 9.69 Å². The Balaban J connectivity index is 1.40. The van der Waals surface area contributed by atoms with Gasteiger partial charge in [0.1, 0.15) is 5.82 Å². The van der Waals surface area contributed by atoms with Crippen molar-refractivity contribution < 1.29 is 9.90 Å². The molecular weight excluding hydrogens is 412 g/mol. The number of nitrogens with two attached hydrogens (primary N) is 1. The Morgan fingerprint density at radius 2 is 1.84 bits per heavy atom. The van der Waals surface area contributed by atoms with Crippen molar-refractivity contribution in [1.29, 1.82) is 0 Å². The minimum absolute atomic E-state index is 0.00957. The van der Waals surface area contributed by atoms with Crippen LogP contribution >= 0.6 is 11.6 Å². The van der Waals surface area contributed by atoms with Crippen LogP contribution in [-0.2, 0) is 13.2 Å². The topological polar surface area (TPSA) is 91.5 Å². The SMILES string of the molecule is Nc1ncc(-c2ccc(CO)cc2)cc1C(=O)N[C@@H]1CCN(Cc2ccc(Cl)cc2)C1. The van der Waals surface area contributed by atoms with Gasteiger partial charge in [0.05, 0.1) is 12.2 Å². The van der Waals surface area contributed by atoms with E-state index in [4.69, 9.17) is 17.3 Å². The van der Waals surface area contributed by atoms with Crippen LogP contribution in [0.2, 0.25) is 5.02 Å². The highest BCUT2D eigenvalue weighted by molar-refractivity contribution is 6.30. The molecule has 0 unspecified atom stereocenters. The number of aliphatic hydroxyl groups excluding tert-OH is 1. The zero-order valence-corrected chi connectivity index (χ0v) is 17.8. The summed E-state index contributed by atoms with van der Waals surface area (Å²) in [5.74, 6) is 0.00131. The number of likely N-dealkylation sites (tertiary alicyclic amines) is 1. The predicted molar refractivity (Wildman–Crippen MR) is 123 cm³/mol. The maximum absolute atomic E-state index is 12.9. The molecule has 0 aliphatic carbocycles. The summed E-state index contributed by atoms with van der Waals surface area (Å²) in [7, 11) is 0. The number of benzene rings is 2. The van der Waals surface area contributed by atoms with Crippen molar-refractivity contribution in [1.82, 2.24) is 15.2 Å². The molecule has 0 radical (unpaired) electrons. The van der Waals surface area contributed by atoms with Gasteiger partial charge in [-0.25, -0.2) is 4.98 Å². The smallest absolute Gasteiger partial charge is 0.255 e. The Kier molecular flexibility index (Phi) is 6.51. The number of nitrogens with one attached hydrogen (secondary N) is 1. The monoisotopic (exact) mass is 436 g/mol. The Bertz CT molecular complexity index is 1050. The summed E-state index contributed by atoms with van der Waals surface area (Å²) in [5.41, 5.74) is 10.1. The van der Waals surface area contributed by atoms with Gasteiger partial charge in [-0.2, -0.15) is 0 Å². The van der Waals surface area contributed by atoms with Gasteiger partial charge in [0, 0.05) is 42.5 Å². The fourth-order valence-electron chi connectivity index (χ4n) is 3.82. The highest BCUT2D eigenvalue weighted by Gasteiger charge is 2.25. The van der Waals surface area contributed by atoms with Crippen LogP contribution in [0.15, 0.2) is 60.8 Å². The van der Waals surface area contributed by atoms with Gasteiger partial charge in [-0.15, -0.1) is 0 Å². The summed E-state index contributed by atoms with van der Waals surface area (Å²) in [5, 5.41) is 13.0. The lowest BCUT2D eigenvalue weighted by Gasteiger charge is -2.17. The quantitative estimate of drug-likeness (QED) is 0.550. The van der Waals surface area contributed by atoms with Crippen molar-refractivity contribution in [2.75, 3.05) is 18.8 Å². The number of pyridine rings is 1. The van der Waals surface area contributed by atoms with Crippen LogP contribution in [0.25, 0.3) is 11.1 Å². The Morgan fingerprint density at radius 3 is 2.55 bits per heavy atom. The largest absolute Gasteiger partial charge is 0.392 e. The fourth-order valence-corrected chi connectivity index (χ4v) is 3.95. The standard InChI is InChI=1S/C24H25ClN4O2/c25-20-7-3-16(4-8-20)13-29-10-9-21(14-29)28-24(31)22-11-19(12-27-23(22)26)18-5-1-17(15-30)2-6-18/h1-8,11-12,21,30H,9-10,13-15H2,(H2,26,27)(H,28,31)/t21-/m1/s1. The lowest BCUT2D eigenvalue weighted by Crippen LogP contribution is -2.37. The number of hydrogen-bond acceptors (Lipinski definition) is 5. The van der Waals surface area contributed by atoms with E-state index in [0.717, 1.165) is 47.8 Å². The van der Waals surface area contributed by atoms with E-state index in [1.54, 1.807) is 12.3 Å². The maximum Gasteiger partial charge on any atom is 0.255 e. The normalized spacial score (nSPS) is 16.4. The molecule has 1 aromatic heterocycles. The van der Waals surface area contributed by atoms with Gasteiger partial charge >= 0.3 is 0 Å². The fraction of sp³-hybridized carbons (Fsp3) is 0.250. The average molecular weight is 437 g/mol. The van der Waals surface area contributed by atoms with Crippen LogP contribution in [0.4, 0.5) is 5.82 Å². The Labute approximate surface area is 186 Å². The van der Waals surface area contributed by atoms with Gasteiger partial charge in [0.25, 0.3) is 5.91 Å². The zero-order chi connectivity index (χ0) is 21.8. The summed E-state index contributed by atoms with van der Waals surface area (Å²) in [6.07, 6.45) is 2.54. The third-order valence-corrected chi connectivity index (χ3v) is 5.81. The van der Waals surface area contributed by atoms with Crippen LogP contribution < -0.4 is 11.1 Å². The molecule has 6 nitrogen and oxygen atoms in total. The van der Waals surface area contributed by atoms with Crippen LogP contribution in [0.5, 0.6) is 0 Å². The van der Waals surface area contributed by atoms with Gasteiger partial charge in [0.15, 0.2) is 0 Å². The van der Waals surface area contributed by atoms with E-state index < -0.39 is 0 Å². The molecule has 31 heavy (non-hydrogen) atoms. The molecule has 4 N–H and O–H groups in total. The van der Waals surface area contributed by atoms with Gasteiger partial charge in [0.2, 0.25) is 0 Å². The van der Waals surface area contributed by atoms with Crippen LogP contribution in [0.3, 0.4) is 0 Å². The van der Waals surface area contributed by atoms with Gasteiger partial charge < -0.3 is 16.2 Å². The van der Waals surface area contributed by atoms with Gasteiger partial charge in [-0.1, -0.05) is 48.0 Å². The van der Waals surface area contributed by atoms with E-state index >= 15 is 0 Å². The van der Waals surface area contributed by atoms with Crippen molar-refractivity contribution in [3.05, 3.63) is 82.5 Å². The predicted octanol–water partition coefficient (Wildman–Crippen LogP) is 3.48. The number of aromatic nitrogens is 1. The molecule has 0 bridgehead atoms. The molecule has 1 aliphatic rings. The molecule has 1 saturated heterocycles. The average Bonchev–Trinajstić information content (AvgIpc) is 3.22. The van der Waals surface area contributed by atoms with E-state index in [1.807, 2.05) is 48.5 Å². The number of halogens is 1. The van der Waals surface area contributed by atoms with Crippen molar-refractivity contribution >= 4 is 23.3 Å². The lowest BCUT2D eigenvalue weighted by atomic mass is 10.0. The second-order valence-corrected chi connectivity index (χ2v) is 8.27. The molecule has 0 spiro atoms. The molecule has 0 saturated carbocycles. The Hall–Kier alpha value is -2.93. The summed E-state index contributed by atoms with van der Waals surface area (Å²) < 4.78 is 0. The summed E-state index contributed by atoms with van der Waals surface area (Å²) in [4.78, 5) is 19.4. The van der Waals surface area contributed by atoms with Gasteiger partial charge in [-0.05, 0) is 41.3 Å². The lowest BCUT2D eigenvalue weighted by molar-refractivity contribution is 0.0938. The van der Waals surface area contributed by atoms with Crippen molar-refractivity contribution in [2.24, 2.45) is 0 Å².